The van der Waals surface area contributed by atoms with Crippen LogP contribution in [0.3, 0.4) is 0 Å². The van der Waals surface area contributed by atoms with E-state index < -0.39 is 0 Å². The highest BCUT2D eigenvalue weighted by molar-refractivity contribution is 5.89. The van der Waals surface area contributed by atoms with Crippen LogP contribution >= 0.6 is 0 Å². The predicted molar refractivity (Wildman–Crippen MR) is 95.9 cm³/mol. The summed E-state index contributed by atoms with van der Waals surface area (Å²) in [5.74, 6) is -0.381. The molecule has 3 aromatic rings. The van der Waals surface area contributed by atoms with Crippen molar-refractivity contribution in [2.45, 2.75) is 26.7 Å². The van der Waals surface area contributed by atoms with Crippen molar-refractivity contribution < 1.29 is 19.4 Å². The van der Waals surface area contributed by atoms with Crippen molar-refractivity contribution in [2.24, 2.45) is 0 Å². The molecule has 25 heavy (non-hydrogen) atoms. The lowest BCUT2D eigenvalue weighted by atomic mass is 10.0. The number of phenolic OH excluding ortho intramolecular Hbond substituents is 2. The summed E-state index contributed by atoms with van der Waals surface area (Å²) in [6, 6.07) is 8.68. The van der Waals surface area contributed by atoms with Crippen molar-refractivity contribution in [3.63, 3.8) is 0 Å². The summed E-state index contributed by atoms with van der Waals surface area (Å²) < 4.78 is 5.63. The van der Waals surface area contributed by atoms with Crippen molar-refractivity contribution in [1.29, 1.82) is 0 Å². The molecule has 5 heteroatoms. The standard InChI is InChI=1S/C20H21NO4/c1-12-3-5-16-15(11-25-20(16)13(12)2)10-19(24)21-8-7-14-4-6-17(22)18(23)9-14/h3-6,9,11,22-23H,7-8,10H2,1-2H3,(H,21,24). The van der Waals surface area contributed by atoms with Crippen LogP contribution in [-0.4, -0.2) is 22.7 Å². The molecule has 2 aromatic carbocycles. The maximum absolute atomic E-state index is 12.2. The summed E-state index contributed by atoms with van der Waals surface area (Å²) in [6.45, 7) is 4.50. The van der Waals surface area contributed by atoms with E-state index in [1.54, 1.807) is 12.3 Å². The highest BCUT2D eigenvalue weighted by Gasteiger charge is 2.12. The first-order chi connectivity index (χ1) is 12.0. The Morgan fingerprint density at radius 1 is 1.12 bits per heavy atom. The van der Waals surface area contributed by atoms with Gasteiger partial charge in [0.1, 0.15) is 5.58 Å². The Bertz CT molecular complexity index is 927. The van der Waals surface area contributed by atoms with Crippen LogP contribution in [0.25, 0.3) is 11.0 Å². The molecule has 0 atom stereocenters. The average molecular weight is 339 g/mol. The van der Waals surface area contributed by atoms with Gasteiger partial charge >= 0.3 is 0 Å². The second kappa shape index (κ2) is 6.89. The van der Waals surface area contributed by atoms with E-state index in [1.165, 1.54) is 12.1 Å². The fraction of sp³-hybridized carbons (Fsp3) is 0.250. The summed E-state index contributed by atoms with van der Waals surface area (Å²) in [5.41, 5.74) is 4.81. The number of amides is 1. The number of rotatable bonds is 5. The Kier molecular flexibility index (Phi) is 4.65. The van der Waals surface area contributed by atoms with Gasteiger partial charge in [0.2, 0.25) is 5.91 Å². The fourth-order valence-electron chi connectivity index (χ4n) is 2.83. The van der Waals surface area contributed by atoms with Crippen molar-refractivity contribution >= 4 is 16.9 Å². The first-order valence-electron chi connectivity index (χ1n) is 8.19. The van der Waals surface area contributed by atoms with Crippen LogP contribution in [0.4, 0.5) is 0 Å². The summed E-state index contributed by atoms with van der Waals surface area (Å²) in [4.78, 5) is 12.2. The average Bonchev–Trinajstić information content (AvgIpc) is 2.98. The number of fused-ring (bicyclic) bond motifs is 1. The monoisotopic (exact) mass is 339 g/mol. The third-order valence-corrected chi connectivity index (χ3v) is 4.47. The van der Waals surface area contributed by atoms with Crippen LogP contribution in [0.2, 0.25) is 0 Å². The van der Waals surface area contributed by atoms with E-state index in [0.29, 0.717) is 13.0 Å². The molecule has 5 nitrogen and oxygen atoms in total. The van der Waals surface area contributed by atoms with Crippen molar-refractivity contribution in [3.8, 4) is 11.5 Å². The van der Waals surface area contributed by atoms with Gasteiger partial charge in [0.25, 0.3) is 0 Å². The molecule has 0 fully saturated rings. The number of nitrogens with one attached hydrogen (secondary N) is 1. The normalized spacial score (nSPS) is 11.0. The maximum Gasteiger partial charge on any atom is 0.224 e. The van der Waals surface area contributed by atoms with Gasteiger partial charge in [-0.05, 0) is 49.1 Å². The Morgan fingerprint density at radius 3 is 2.68 bits per heavy atom. The minimum absolute atomic E-state index is 0.0797. The van der Waals surface area contributed by atoms with E-state index >= 15 is 0 Å². The fourth-order valence-corrected chi connectivity index (χ4v) is 2.83. The lowest BCUT2D eigenvalue weighted by molar-refractivity contribution is -0.120. The number of benzene rings is 2. The molecule has 0 unspecified atom stereocenters. The minimum Gasteiger partial charge on any atom is -0.504 e. The summed E-state index contributed by atoms with van der Waals surface area (Å²) >= 11 is 0. The van der Waals surface area contributed by atoms with Crippen LogP contribution < -0.4 is 5.32 Å². The van der Waals surface area contributed by atoms with Gasteiger partial charge in [-0.2, -0.15) is 0 Å². The highest BCUT2D eigenvalue weighted by Crippen LogP contribution is 2.27. The highest BCUT2D eigenvalue weighted by atomic mass is 16.3. The van der Waals surface area contributed by atoms with Crippen LogP contribution in [-0.2, 0) is 17.6 Å². The molecule has 3 N–H and O–H groups in total. The molecule has 0 saturated heterocycles. The SMILES string of the molecule is Cc1ccc2c(CC(=O)NCCc3ccc(O)c(O)c3)coc2c1C. The van der Waals surface area contributed by atoms with Crippen molar-refractivity contribution in [1.82, 2.24) is 5.32 Å². The molecular weight excluding hydrogens is 318 g/mol. The summed E-state index contributed by atoms with van der Waals surface area (Å²) in [6.07, 6.45) is 2.48. The zero-order chi connectivity index (χ0) is 18.0. The number of aromatic hydroxyl groups is 2. The summed E-state index contributed by atoms with van der Waals surface area (Å²) in [5, 5.41) is 22.6. The number of hydrogen-bond donors (Lipinski definition) is 3. The molecule has 3 rings (SSSR count). The smallest absolute Gasteiger partial charge is 0.224 e. The molecule has 0 spiro atoms. The molecule has 1 heterocycles. The molecule has 0 aliphatic rings. The van der Waals surface area contributed by atoms with Gasteiger partial charge in [-0.3, -0.25) is 4.79 Å². The summed E-state index contributed by atoms with van der Waals surface area (Å²) in [7, 11) is 0. The number of hydrogen-bond acceptors (Lipinski definition) is 4. The van der Waals surface area contributed by atoms with Gasteiger partial charge in [0.05, 0.1) is 12.7 Å². The van der Waals surface area contributed by atoms with E-state index in [4.69, 9.17) is 4.42 Å². The lowest BCUT2D eigenvalue weighted by Crippen LogP contribution is -2.27. The number of furan rings is 1. The zero-order valence-corrected chi connectivity index (χ0v) is 14.3. The van der Waals surface area contributed by atoms with Crippen LogP contribution in [0.1, 0.15) is 22.3 Å². The quantitative estimate of drug-likeness (QED) is 0.623. The largest absolute Gasteiger partial charge is 0.504 e. The molecule has 0 radical (unpaired) electrons. The van der Waals surface area contributed by atoms with Crippen LogP contribution in [0.5, 0.6) is 11.5 Å². The first-order valence-corrected chi connectivity index (χ1v) is 8.19. The maximum atomic E-state index is 12.2. The van der Waals surface area contributed by atoms with E-state index in [1.807, 2.05) is 26.0 Å². The van der Waals surface area contributed by atoms with Gasteiger partial charge in [-0.25, -0.2) is 0 Å². The Labute approximate surface area is 145 Å². The number of phenols is 2. The molecule has 0 aliphatic heterocycles. The van der Waals surface area contributed by atoms with Gasteiger partial charge < -0.3 is 19.9 Å². The van der Waals surface area contributed by atoms with Crippen LogP contribution in [0, 0.1) is 13.8 Å². The van der Waals surface area contributed by atoms with Gasteiger partial charge in [-0.15, -0.1) is 0 Å². The second-order valence-corrected chi connectivity index (χ2v) is 6.24. The Hall–Kier alpha value is -2.95. The van der Waals surface area contributed by atoms with E-state index in [2.05, 4.69) is 5.32 Å². The topological polar surface area (TPSA) is 82.7 Å². The Balaban J connectivity index is 1.59. The predicted octanol–water partition coefficient (Wildman–Crippen LogP) is 3.36. The molecule has 1 aromatic heterocycles. The number of aryl methyl sites for hydroxylation is 2. The van der Waals surface area contributed by atoms with E-state index in [9.17, 15) is 15.0 Å². The second-order valence-electron chi connectivity index (χ2n) is 6.24. The third-order valence-electron chi connectivity index (χ3n) is 4.47. The third kappa shape index (κ3) is 3.60. The molecular formula is C20H21NO4. The number of carbonyl (C=O) groups excluding carboxylic acids is 1. The van der Waals surface area contributed by atoms with Crippen LogP contribution in [0.15, 0.2) is 41.0 Å². The van der Waals surface area contributed by atoms with E-state index in [0.717, 1.165) is 33.2 Å². The zero-order valence-electron chi connectivity index (χ0n) is 14.3. The first kappa shape index (κ1) is 16.9. The molecule has 0 saturated carbocycles. The van der Waals surface area contributed by atoms with Crippen molar-refractivity contribution in [2.75, 3.05) is 6.54 Å². The molecule has 0 aliphatic carbocycles. The molecule has 130 valence electrons. The molecule has 0 bridgehead atoms. The minimum atomic E-state index is -0.153. The van der Waals surface area contributed by atoms with E-state index in [-0.39, 0.29) is 23.8 Å². The number of carbonyl (C=O) groups is 1. The molecule has 1 amide bonds. The lowest BCUT2D eigenvalue weighted by Gasteiger charge is -2.06. The van der Waals surface area contributed by atoms with Gasteiger partial charge in [0.15, 0.2) is 11.5 Å². The van der Waals surface area contributed by atoms with Crippen molar-refractivity contribution in [3.05, 3.63) is 58.8 Å². The van der Waals surface area contributed by atoms with Gasteiger partial charge in [0, 0.05) is 17.5 Å². The Morgan fingerprint density at radius 2 is 1.92 bits per heavy atom. The van der Waals surface area contributed by atoms with Gasteiger partial charge in [-0.1, -0.05) is 18.2 Å².